The molecule has 32 heavy (non-hydrogen) atoms. The number of benzene rings is 2. The summed E-state index contributed by atoms with van der Waals surface area (Å²) in [4.78, 5) is 16.4. The maximum atomic E-state index is 14.0. The average Bonchev–Trinajstić information content (AvgIpc) is 2.78. The van der Waals surface area contributed by atoms with Crippen LogP contribution in [0.25, 0.3) is 0 Å². The monoisotopic (exact) mass is 463 g/mol. The Labute approximate surface area is 189 Å². The summed E-state index contributed by atoms with van der Waals surface area (Å²) in [5.41, 5.74) is 1.38. The maximum Gasteiger partial charge on any atom is 0.246 e. The normalized spacial score (nSPS) is 14.8. The summed E-state index contributed by atoms with van der Waals surface area (Å²) in [5, 5.41) is 0. The molecule has 0 aromatic heterocycles. The van der Waals surface area contributed by atoms with Crippen LogP contribution >= 0.6 is 0 Å². The summed E-state index contributed by atoms with van der Waals surface area (Å²) in [6.07, 6.45) is 0. The average molecular weight is 464 g/mol. The number of hydrogen-bond acceptors (Lipinski definition) is 5. The second-order valence-corrected chi connectivity index (χ2v) is 10.2. The van der Waals surface area contributed by atoms with E-state index in [0.29, 0.717) is 31.9 Å². The molecule has 1 saturated heterocycles. The summed E-state index contributed by atoms with van der Waals surface area (Å²) < 4.78 is 46.8. The van der Waals surface area contributed by atoms with Crippen molar-refractivity contribution in [1.29, 1.82) is 0 Å². The van der Waals surface area contributed by atoms with Gasteiger partial charge in [0.25, 0.3) is 0 Å². The van der Waals surface area contributed by atoms with Crippen LogP contribution in [-0.4, -0.2) is 70.4 Å². The molecule has 0 spiro atoms. The summed E-state index contributed by atoms with van der Waals surface area (Å²) in [6.45, 7) is 5.43. The number of methoxy groups -OCH3 is 1. The third kappa shape index (κ3) is 5.05. The number of para-hydroxylation sites is 1. The third-order valence-electron chi connectivity index (χ3n) is 5.73. The van der Waals surface area contributed by atoms with Gasteiger partial charge in [-0.3, -0.25) is 4.79 Å². The first kappa shape index (κ1) is 24.0. The first-order valence-electron chi connectivity index (χ1n) is 10.6. The second-order valence-electron chi connectivity index (χ2n) is 8.15. The quantitative estimate of drug-likeness (QED) is 0.632. The van der Waals surface area contributed by atoms with Crippen molar-refractivity contribution < 1.29 is 22.3 Å². The van der Waals surface area contributed by atoms with Gasteiger partial charge in [0.1, 0.15) is 16.5 Å². The molecule has 1 heterocycles. The Kier molecular flexibility index (Phi) is 7.40. The molecular weight excluding hydrogens is 433 g/mol. The van der Waals surface area contributed by atoms with Crippen LogP contribution in [0.1, 0.15) is 25.3 Å². The lowest BCUT2D eigenvalue weighted by Crippen LogP contribution is -2.51. The molecule has 1 fully saturated rings. The summed E-state index contributed by atoms with van der Waals surface area (Å²) in [6, 6.07) is 11.6. The van der Waals surface area contributed by atoms with E-state index in [9.17, 15) is 17.6 Å². The molecule has 0 unspecified atom stereocenters. The zero-order chi connectivity index (χ0) is 23.5. The highest BCUT2D eigenvalue weighted by molar-refractivity contribution is 7.89. The first-order chi connectivity index (χ1) is 15.1. The van der Waals surface area contributed by atoms with E-state index in [2.05, 4.69) is 0 Å². The van der Waals surface area contributed by atoms with E-state index < -0.39 is 10.0 Å². The van der Waals surface area contributed by atoms with Gasteiger partial charge in [-0.2, -0.15) is 4.31 Å². The molecule has 0 radical (unpaired) electrons. The molecule has 9 heteroatoms. The Morgan fingerprint density at radius 1 is 1.12 bits per heavy atom. The fourth-order valence-electron chi connectivity index (χ4n) is 3.70. The number of nitrogens with zero attached hydrogens (tertiary/aromatic N) is 3. The van der Waals surface area contributed by atoms with Crippen molar-refractivity contribution in [3.05, 3.63) is 53.8 Å². The summed E-state index contributed by atoms with van der Waals surface area (Å²) in [7, 11) is -1.12. The molecule has 7 nitrogen and oxygen atoms in total. The van der Waals surface area contributed by atoms with Crippen molar-refractivity contribution >= 4 is 21.6 Å². The number of piperazine rings is 1. The van der Waals surface area contributed by atoms with Gasteiger partial charge in [0.2, 0.25) is 15.9 Å². The van der Waals surface area contributed by atoms with Crippen molar-refractivity contribution in [3.8, 4) is 5.75 Å². The molecule has 3 rings (SSSR count). The standard InChI is InChI=1S/C23H30FN3O4S/c1-17(2)18-9-10-21(31-4)22(15-18)32(29,30)25(3)16-23(28)27-13-11-26(12-14-27)20-8-6-5-7-19(20)24/h5-10,15,17H,11-14,16H2,1-4H3. The molecule has 1 aliphatic heterocycles. The summed E-state index contributed by atoms with van der Waals surface area (Å²) >= 11 is 0. The van der Waals surface area contributed by atoms with E-state index in [-0.39, 0.29) is 34.8 Å². The van der Waals surface area contributed by atoms with Gasteiger partial charge >= 0.3 is 0 Å². The van der Waals surface area contributed by atoms with Crippen LogP contribution in [0.2, 0.25) is 0 Å². The van der Waals surface area contributed by atoms with Gasteiger partial charge in [0.15, 0.2) is 0 Å². The van der Waals surface area contributed by atoms with E-state index in [1.54, 1.807) is 35.2 Å². The van der Waals surface area contributed by atoms with Gasteiger partial charge in [-0.15, -0.1) is 0 Å². The van der Waals surface area contributed by atoms with E-state index in [0.717, 1.165) is 9.87 Å². The number of carbonyl (C=O) groups is 1. The van der Waals surface area contributed by atoms with Crippen LogP contribution in [0, 0.1) is 5.82 Å². The topological polar surface area (TPSA) is 70.2 Å². The largest absolute Gasteiger partial charge is 0.495 e. The predicted octanol–water partition coefficient (Wildman–Crippen LogP) is 2.93. The minimum atomic E-state index is -3.93. The lowest BCUT2D eigenvalue weighted by Gasteiger charge is -2.36. The van der Waals surface area contributed by atoms with Crippen molar-refractivity contribution in [2.45, 2.75) is 24.7 Å². The zero-order valence-electron chi connectivity index (χ0n) is 18.9. The number of hydrogen-bond donors (Lipinski definition) is 0. The molecule has 1 aliphatic rings. The second kappa shape index (κ2) is 9.87. The Bertz CT molecular complexity index is 1070. The molecule has 0 saturated carbocycles. The van der Waals surface area contributed by atoms with E-state index >= 15 is 0 Å². The number of amides is 1. The molecule has 174 valence electrons. The Morgan fingerprint density at radius 3 is 2.38 bits per heavy atom. The molecule has 2 aromatic rings. The van der Waals surface area contributed by atoms with Crippen molar-refractivity contribution in [2.75, 3.05) is 51.8 Å². The number of likely N-dealkylation sites (N-methyl/N-ethyl adjacent to an activating group) is 1. The van der Waals surface area contributed by atoms with Gasteiger partial charge in [-0.05, 0) is 35.7 Å². The minimum absolute atomic E-state index is 0.0471. The number of halogens is 1. The Hall–Kier alpha value is -2.65. The highest BCUT2D eigenvalue weighted by Gasteiger charge is 2.30. The zero-order valence-corrected chi connectivity index (χ0v) is 19.7. The highest BCUT2D eigenvalue weighted by Crippen LogP contribution is 2.30. The van der Waals surface area contributed by atoms with Crippen molar-refractivity contribution in [2.24, 2.45) is 0 Å². The molecule has 2 aromatic carbocycles. The van der Waals surface area contributed by atoms with Gasteiger partial charge in [-0.1, -0.05) is 32.0 Å². The first-order valence-corrected chi connectivity index (χ1v) is 12.0. The molecule has 1 amide bonds. The maximum absolute atomic E-state index is 14.0. The number of rotatable bonds is 7. The van der Waals surface area contributed by atoms with Gasteiger partial charge in [0.05, 0.1) is 19.3 Å². The summed E-state index contributed by atoms with van der Waals surface area (Å²) in [5.74, 6) is -0.196. The van der Waals surface area contributed by atoms with Crippen LogP contribution in [-0.2, 0) is 14.8 Å². The van der Waals surface area contributed by atoms with Crippen LogP contribution < -0.4 is 9.64 Å². The molecule has 0 N–H and O–H groups in total. The van der Waals surface area contributed by atoms with E-state index in [1.165, 1.54) is 20.2 Å². The minimum Gasteiger partial charge on any atom is -0.495 e. The molecule has 0 atom stereocenters. The lowest BCUT2D eigenvalue weighted by molar-refractivity contribution is -0.131. The number of ether oxygens (including phenoxy) is 1. The SMILES string of the molecule is COc1ccc(C(C)C)cc1S(=O)(=O)N(C)CC(=O)N1CCN(c2ccccc2F)CC1. The van der Waals surface area contributed by atoms with Crippen molar-refractivity contribution in [1.82, 2.24) is 9.21 Å². The smallest absolute Gasteiger partial charge is 0.246 e. The molecular formula is C23H30FN3O4S. The number of anilines is 1. The van der Waals surface area contributed by atoms with E-state index in [4.69, 9.17) is 4.74 Å². The fourth-order valence-corrected chi connectivity index (χ4v) is 5.01. The van der Waals surface area contributed by atoms with Crippen LogP contribution in [0.15, 0.2) is 47.4 Å². The number of sulfonamides is 1. The van der Waals surface area contributed by atoms with Crippen LogP contribution in [0.3, 0.4) is 0 Å². The predicted molar refractivity (Wildman–Crippen MR) is 122 cm³/mol. The third-order valence-corrected chi connectivity index (χ3v) is 7.55. The fraction of sp³-hybridized carbons (Fsp3) is 0.435. The lowest BCUT2D eigenvalue weighted by atomic mass is 10.0. The highest BCUT2D eigenvalue weighted by atomic mass is 32.2. The van der Waals surface area contributed by atoms with Gasteiger partial charge in [-0.25, -0.2) is 12.8 Å². The molecule has 0 bridgehead atoms. The van der Waals surface area contributed by atoms with Gasteiger partial charge < -0.3 is 14.5 Å². The Balaban J connectivity index is 1.68. The Morgan fingerprint density at radius 2 is 1.78 bits per heavy atom. The van der Waals surface area contributed by atoms with Gasteiger partial charge in [0, 0.05) is 33.2 Å². The van der Waals surface area contributed by atoms with Crippen LogP contribution in [0.4, 0.5) is 10.1 Å². The van der Waals surface area contributed by atoms with Crippen molar-refractivity contribution in [3.63, 3.8) is 0 Å². The molecule has 0 aliphatic carbocycles. The van der Waals surface area contributed by atoms with E-state index in [1.807, 2.05) is 24.8 Å². The number of carbonyl (C=O) groups excluding carboxylic acids is 1. The van der Waals surface area contributed by atoms with Crippen LogP contribution in [0.5, 0.6) is 5.75 Å².